The smallest absolute Gasteiger partial charge is 0.141 e. The van der Waals surface area contributed by atoms with Gasteiger partial charge in [0.05, 0.1) is 22.3 Å². The SMILES string of the molecule is Cc1n[nH]c2ccnc(Nc3cccc(-c4ccn(C)n4)c3)c12. The Morgan fingerprint density at radius 1 is 1.17 bits per heavy atom. The summed E-state index contributed by atoms with van der Waals surface area (Å²) in [7, 11) is 1.91. The molecule has 0 saturated heterocycles. The minimum absolute atomic E-state index is 0.798. The van der Waals surface area contributed by atoms with E-state index in [-0.39, 0.29) is 0 Å². The monoisotopic (exact) mass is 304 g/mol. The summed E-state index contributed by atoms with van der Waals surface area (Å²) in [6.45, 7) is 1.97. The summed E-state index contributed by atoms with van der Waals surface area (Å²) >= 11 is 0. The van der Waals surface area contributed by atoms with Crippen LogP contribution in [-0.2, 0) is 7.05 Å². The fourth-order valence-electron chi connectivity index (χ4n) is 2.68. The van der Waals surface area contributed by atoms with Crippen LogP contribution in [0.3, 0.4) is 0 Å². The number of H-pyrrole nitrogens is 1. The summed E-state index contributed by atoms with van der Waals surface area (Å²) in [5.74, 6) is 0.798. The molecule has 0 spiro atoms. The van der Waals surface area contributed by atoms with Crippen LogP contribution in [0.1, 0.15) is 5.69 Å². The van der Waals surface area contributed by atoms with Gasteiger partial charge >= 0.3 is 0 Å². The molecule has 2 N–H and O–H groups in total. The van der Waals surface area contributed by atoms with Crippen molar-refractivity contribution in [1.29, 1.82) is 0 Å². The molecule has 6 heteroatoms. The molecule has 4 rings (SSSR count). The molecule has 0 saturated carbocycles. The zero-order valence-electron chi connectivity index (χ0n) is 12.9. The second-order valence-electron chi connectivity index (χ2n) is 5.47. The number of hydrogen-bond acceptors (Lipinski definition) is 4. The molecule has 1 aromatic carbocycles. The third-order valence-corrected chi connectivity index (χ3v) is 3.79. The summed E-state index contributed by atoms with van der Waals surface area (Å²) in [5, 5.41) is 16.1. The summed E-state index contributed by atoms with van der Waals surface area (Å²) in [5.41, 5.74) is 4.87. The zero-order valence-corrected chi connectivity index (χ0v) is 12.9. The average molecular weight is 304 g/mol. The van der Waals surface area contributed by atoms with Crippen LogP contribution in [0.25, 0.3) is 22.2 Å². The van der Waals surface area contributed by atoms with Crippen LogP contribution in [0.15, 0.2) is 48.8 Å². The van der Waals surface area contributed by atoms with Gasteiger partial charge in [0.2, 0.25) is 0 Å². The molecule has 3 heterocycles. The van der Waals surface area contributed by atoms with Gasteiger partial charge in [-0.3, -0.25) is 9.78 Å². The van der Waals surface area contributed by atoms with Gasteiger partial charge in [0.1, 0.15) is 5.82 Å². The van der Waals surface area contributed by atoms with E-state index >= 15 is 0 Å². The molecule has 114 valence electrons. The maximum absolute atomic E-state index is 4.45. The number of nitrogens with zero attached hydrogens (tertiary/aromatic N) is 4. The number of nitrogens with one attached hydrogen (secondary N) is 2. The van der Waals surface area contributed by atoms with Crippen LogP contribution in [0.2, 0.25) is 0 Å². The van der Waals surface area contributed by atoms with E-state index in [1.807, 2.05) is 50.5 Å². The molecule has 0 unspecified atom stereocenters. The molecule has 3 aromatic heterocycles. The average Bonchev–Trinajstić information content (AvgIpc) is 3.15. The molecule has 0 fully saturated rings. The summed E-state index contributed by atoms with van der Waals surface area (Å²) in [4.78, 5) is 4.45. The van der Waals surface area contributed by atoms with Crippen LogP contribution in [-0.4, -0.2) is 25.0 Å². The van der Waals surface area contributed by atoms with Crippen molar-refractivity contribution in [1.82, 2.24) is 25.0 Å². The molecule has 0 aliphatic heterocycles. The van der Waals surface area contributed by atoms with Gasteiger partial charge in [0, 0.05) is 30.7 Å². The highest BCUT2D eigenvalue weighted by Gasteiger charge is 2.09. The Labute approximate surface area is 133 Å². The lowest BCUT2D eigenvalue weighted by molar-refractivity contribution is 0.771. The lowest BCUT2D eigenvalue weighted by atomic mass is 10.1. The van der Waals surface area contributed by atoms with Crippen molar-refractivity contribution >= 4 is 22.4 Å². The van der Waals surface area contributed by atoms with Gasteiger partial charge in [-0.25, -0.2) is 4.98 Å². The molecule has 0 radical (unpaired) electrons. The fraction of sp³-hybridized carbons (Fsp3) is 0.118. The van der Waals surface area contributed by atoms with E-state index in [2.05, 4.69) is 31.7 Å². The van der Waals surface area contributed by atoms with Gasteiger partial charge in [0.15, 0.2) is 0 Å². The van der Waals surface area contributed by atoms with E-state index in [0.29, 0.717) is 0 Å². The number of aromatic nitrogens is 5. The van der Waals surface area contributed by atoms with E-state index in [1.165, 1.54) is 0 Å². The van der Waals surface area contributed by atoms with E-state index in [0.717, 1.165) is 39.4 Å². The van der Waals surface area contributed by atoms with Crippen molar-refractivity contribution in [2.24, 2.45) is 7.05 Å². The number of pyridine rings is 1. The highest BCUT2D eigenvalue weighted by atomic mass is 15.2. The van der Waals surface area contributed by atoms with Gasteiger partial charge in [0.25, 0.3) is 0 Å². The Bertz CT molecular complexity index is 982. The van der Waals surface area contributed by atoms with Crippen molar-refractivity contribution in [2.45, 2.75) is 6.92 Å². The Hall–Kier alpha value is -3.15. The Morgan fingerprint density at radius 3 is 2.91 bits per heavy atom. The largest absolute Gasteiger partial charge is 0.340 e. The predicted octanol–water partition coefficient (Wildman–Crippen LogP) is 3.41. The standard InChI is InChI=1S/C17H16N6/c1-11-16-15(21-20-11)6-8-18-17(16)19-13-5-3-4-12(10-13)14-7-9-23(2)22-14/h3-10H,1-2H3,(H,18,19)(H,20,21). The van der Waals surface area contributed by atoms with E-state index in [9.17, 15) is 0 Å². The van der Waals surface area contributed by atoms with E-state index in [1.54, 1.807) is 10.9 Å². The number of benzene rings is 1. The topological polar surface area (TPSA) is 71.4 Å². The summed E-state index contributed by atoms with van der Waals surface area (Å²) in [6.07, 6.45) is 3.71. The number of aryl methyl sites for hydroxylation is 2. The maximum Gasteiger partial charge on any atom is 0.141 e. The number of anilines is 2. The summed E-state index contributed by atoms with van der Waals surface area (Å²) in [6, 6.07) is 12.1. The van der Waals surface area contributed by atoms with Gasteiger partial charge in [-0.15, -0.1) is 0 Å². The molecule has 0 aliphatic rings. The van der Waals surface area contributed by atoms with Gasteiger partial charge < -0.3 is 5.32 Å². The van der Waals surface area contributed by atoms with Crippen LogP contribution in [0, 0.1) is 6.92 Å². The quantitative estimate of drug-likeness (QED) is 0.608. The van der Waals surface area contributed by atoms with Crippen LogP contribution < -0.4 is 5.32 Å². The molecule has 0 bridgehead atoms. The highest BCUT2D eigenvalue weighted by Crippen LogP contribution is 2.27. The number of aromatic amines is 1. The normalized spacial score (nSPS) is 11.0. The molecular formula is C17H16N6. The molecule has 4 aromatic rings. The van der Waals surface area contributed by atoms with Crippen LogP contribution >= 0.6 is 0 Å². The molecule has 23 heavy (non-hydrogen) atoms. The number of hydrogen-bond donors (Lipinski definition) is 2. The number of fused-ring (bicyclic) bond motifs is 1. The van der Waals surface area contributed by atoms with Crippen molar-refractivity contribution < 1.29 is 0 Å². The highest BCUT2D eigenvalue weighted by molar-refractivity contribution is 5.93. The Balaban J connectivity index is 1.72. The van der Waals surface area contributed by atoms with Crippen molar-refractivity contribution in [3.8, 4) is 11.3 Å². The van der Waals surface area contributed by atoms with E-state index in [4.69, 9.17) is 0 Å². The first kappa shape index (κ1) is 13.5. The first-order valence-electron chi connectivity index (χ1n) is 7.37. The second-order valence-corrected chi connectivity index (χ2v) is 5.47. The maximum atomic E-state index is 4.45. The lowest BCUT2D eigenvalue weighted by Gasteiger charge is -2.08. The first-order chi connectivity index (χ1) is 11.2. The first-order valence-corrected chi connectivity index (χ1v) is 7.37. The second kappa shape index (κ2) is 5.24. The van der Waals surface area contributed by atoms with Gasteiger partial charge in [-0.05, 0) is 31.2 Å². The minimum Gasteiger partial charge on any atom is -0.340 e. The van der Waals surface area contributed by atoms with Crippen molar-refractivity contribution in [3.05, 3.63) is 54.5 Å². The predicted molar refractivity (Wildman–Crippen MR) is 90.6 cm³/mol. The molecule has 0 amide bonds. The minimum atomic E-state index is 0.798. The van der Waals surface area contributed by atoms with Crippen molar-refractivity contribution in [3.63, 3.8) is 0 Å². The zero-order chi connectivity index (χ0) is 15.8. The third-order valence-electron chi connectivity index (χ3n) is 3.79. The van der Waals surface area contributed by atoms with Crippen LogP contribution in [0.5, 0.6) is 0 Å². The Kier molecular flexibility index (Phi) is 3.08. The molecule has 6 nitrogen and oxygen atoms in total. The van der Waals surface area contributed by atoms with Crippen molar-refractivity contribution in [2.75, 3.05) is 5.32 Å². The van der Waals surface area contributed by atoms with E-state index < -0.39 is 0 Å². The van der Waals surface area contributed by atoms with Gasteiger partial charge in [-0.1, -0.05) is 12.1 Å². The fourth-order valence-corrected chi connectivity index (χ4v) is 2.68. The van der Waals surface area contributed by atoms with Gasteiger partial charge in [-0.2, -0.15) is 10.2 Å². The molecular weight excluding hydrogens is 288 g/mol. The Morgan fingerprint density at radius 2 is 2.09 bits per heavy atom. The molecule has 0 atom stereocenters. The summed E-state index contributed by atoms with van der Waals surface area (Å²) < 4.78 is 1.80. The molecule has 0 aliphatic carbocycles. The third kappa shape index (κ3) is 2.44. The number of rotatable bonds is 3. The lowest BCUT2D eigenvalue weighted by Crippen LogP contribution is -1.95. The van der Waals surface area contributed by atoms with Crippen LogP contribution in [0.4, 0.5) is 11.5 Å².